The molecule has 1 nitrogen and oxygen atoms in total. The molecule has 0 saturated carbocycles. The maximum Gasteiger partial charge on any atom is 0.0628 e. The van der Waals surface area contributed by atoms with E-state index in [-0.39, 0.29) is 6.10 Å². The lowest BCUT2D eigenvalue weighted by Gasteiger charge is -2.06. The Bertz CT molecular complexity index is 184. The summed E-state index contributed by atoms with van der Waals surface area (Å²) in [4.78, 5) is 0. The summed E-state index contributed by atoms with van der Waals surface area (Å²) < 4.78 is 0. The maximum absolute atomic E-state index is 9.39. The van der Waals surface area contributed by atoms with E-state index in [4.69, 9.17) is 0 Å². The van der Waals surface area contributed by atoms with Gasteiger partial charge in [0.25, 0.3) is 0 Å². The molecule has 0 aromatic rings. The molecule has 1 unspecified atom stereocenters. The average molecular weight is 317 g/mol. The topological polar surface area (TPSA) is 20.2 Å². The smallest absolute Gasteiger partial charge is 0.0628 e. The molecule has 0 fully saturated rings. The second-order valence-electron chi connectivity index (χ2n) is 6.57. The highest BCUT2D eigenvalue weighted by atomic mass is 32.1. The van der Waals surface area contributed by atoms with Crippen molar-refractivity contribution >= 4 is 12.6 Å². The number of aliphatic hydroxyl groups is 1. The zero-order chi connectivity index (χ0) is 15.6. The summed E-state index contributed by atoms with van der Waals surface area (Å²) in [7, 11) is 0. The Morgan fingerprint density at radius 2 is 0.952 bits per heavy atom. The molecule has 128 valence electrons. The molecular weight excluding hydrogens is 276 g/mol. The van der Waals surface area contributed by atoms with Crippen LogP contribution >= 0.6 is 12.6 Å². The summed E-state index contributed by atoms with van der Waals surface area (Å²) in [5.41, 5.74) is 0. The first kappa shape index (κ1) is 21.3. The van der Waals surface area contributed by atoms with E-state index in [1.54, 1.807) is 0 Å². The minimum absolute atomic E-state index is 0.185. The van der Waals surface area contributed by atoms with Gasteiger partial charge in [0.15, 0.2) is 0 Å². The first-order chi connectivity index (χ1) is 10.3. The van der Waals surface area contributed by atoms with E-state index in [2.05, 4.69) is 19.6 Å². The summed E-state index contributed by atoms with van der Waals surface area (Å²) in [6.45, 7) is 2.28. The van der Waals surface area contributed by atoms with Gasteiger partial charge < -0.3 is 5.11 Å². The van der Waals surface area contributed by atoms with Crippen molar-refractivity contribution in [3.05, 3.63) is 0 Å². The molecule has 0 amide bonds. The molecule has 1 atom stereocenters. The van der Waals surface area contributed by atoms with E-state index in [0.29, 0.717) is 5.75 Å². The number of rotatable bonds is 17. The van der Waals surface area contributed by atoms with Crippen LogP contribution in [0.4, 0.5) is 0 Å². The van der Waals surface area contributed by atoms with Gasteiger partial charge in [-0.3, -0.25) is 0 Å². The van der Waals surface area contributed by atoms with E-state index < -0.39 is 0 Å². The zero-order valence-corrected chi connectivity index (χ0v) is 15.4. The van der Waals surface area contributed by atoms with E-state index in [1.807, 2.05) is 0 Å². The number of aliphatic hydroxyl groups excluding tert-OH is 1. The lowest BCUT2D eigenvalue weighted by Crippen LogP contribution is -2.07. The van der Waals surface area contributed by atoms with Gasteiger partial charge in [0.05, 0.1) is 6.10 Å². The molecule has 0 aromatic heterocycles. The van der Waals surface area contributed by atoms with Crippen molar-refractivity contribution in [2.75, 3.05) is 5.75 Å². The van der Waals surface area contributed by atoms with Crippen LogP contribution in [-0.4, -0.2) is 17.0 Å². The minimum atomic E-state index is -0.185. The fourth-order valence-electron chi connectivity index (χ4n) is 2.84. The van der Waals surface area contributed by atoms with Crippen molar-refractivity contribution in [2.45, 2.75) is 116 Å². The number of hydrogen-bond donors (Lipinski definition) is 2. The van der Waals surface area contributed by atoms with Crippen LogP contribution in [0.1, 0.15) is 110 Å². The number of unbranched alkanes of at least 4 members (excludes halogenated alkanes) is 14. The minimum Gasteiger partial charge on any atom is -0.392 e. The van der Waals surface area contributed by atoms with Crippen LogP contribution in [0.25, 0.3) is 0 Å². The van der Waals surface area contributed by atoms with Crippen LogP contribution in [0, 0.1) is 0 Å². The predicted molar refractivity (Wildman–Crippen MR) is 99.4 cm³/mol. The van der Waals surface area contributed by atoms with E-state index in [1.165, 1.54) is 96.3 Å². The van der Waals surface area contributed by atoms with Gasteiger partial charge in [-0.05, 0) is 6.42 Å². The quantitative estimate of drug-likeness (QED) is 0.230. The standard InChI is InChI=1S/C19H40OS/c1-2-3-4-5-6-7-8-9-10-11-12-13-14-15-16-17-19(20)18-21/h19-21H,2-18H2,1H3. The monoisotopic (exact) mass is 316 g/mol. The third-order valence-electron chi connectivity index (χ3n) is 4.35. The molecule has 0 rings (SSSR count). The van der Waals surface area contributed by atoms with Crippen LogP contribution in [0.5, 0.6) is 0 Å². The molecule has 0 aliphatic carbocycles. The molecule has 0 bridgehead atoms. The molecule has 0 aromatic carbocycles. The fraction of sp³-hybridized carbons (Fsp3) is 1.00. The predicted octanol–water partition coefficient (Wildman–Crippen LogP) is 6.54. The van der Waals surface area contributed by atoms with Gasteiger partial charge in [-0.15, -0.1) is 0 Å². The van der Waals surface area contributed by atoms with Crippen molar-refractivity contribution in [1.82, 2.24) is 0 Å². The third-order valence-corrected chi connectivity index (χ3v) is 4.77. The van der Waals surface area contributed by atoms with Crippen molar-refractivity contribution in [1.29, 1.82) is 0 Å². The Labute approximate surface area is 139 Å². The Morgan fingerprint density at radius 1 is 0.619 bits per heavy atom. The SMILES string of the molecule is CCCCCCCCCCCCCCCCCC(O)CS. The Morgan fingerprint density at radius 3 is 1.29 bits per heavy atom. The van der Waals surface area contributed by atoms with Gasteiger partial charge in [-0.25, -0.2) is 0 Å². The zero-order valence-electron chi connectivity index (χ0n) is 14.5. The summed E-state index contributed by atoms with van der Waals surface area (Å²) >= 11 is 4.09. The average Bonchev–Trinajstić information content (AvgIpc) is 2.50. The van der Waals surface area contributed by atoms with Crippen molar-refractivity contribution < 1.29 is 5.11 Å². The Balaban J connectivity index is 2.96. The van der Waals surface area contributed by atoms with Crippen molar-refractivity contribution in [3.8, 4) is 0 Å². The highest BCUT2D eigenvalue weighted by Gasteiger charge is 2.00. The number of thiol groups is 1. The van der Waals surface area contributed by atoms with Crippen LogP contribution < -0.4 is 0 Å². The van der Waals surface area contributed by atoms with Gasteiger partial charge in [-0.1, -0.05) is 103 Å². The van der Waals surface area contributed by atoms with Crippen LogP contribution in [0.15, 0.2) is 0 Å². The first-order valence-corrected chi connectivity index (χ1v) is 10.2. The second-order valence-corrected chi connectivity index (χ2v) is 6.94. The molecule has 0 aliphatic heterocycles. The molecule has 0 radical (unpaired) electrons. The summed E-state index contributed by atoms with van der Waals surface area (Å²) in [6.07, 6.45) is 21.7. The molecule has 0 spiro atoms. The molecule has 21 heavy (non-hydrogen) atoms. The lowest BCUT2D eigenvalue weighted by atomic mass is 10.0. The van der Waals surface area contributed by atoms with E-state index in [9.17, 15) is 5.11 Å². The third kappa shape index (κ3) is 18.3. The van der Waals surface area contributed by atoms with Crippen molar-refractivity contribution in [3.63, 3.8) is 0 Å². The Hall–Kier alpha value is 0.310. The van der Waals surface area contributed by atoms with Crippen molar-refractivity contribution in [2.24, 2.45) is 0 Å². The molecule has 2 heteroatoms. The normalized spacial score (nSPS) is 12.7. The molecule has 0 heterocycles. The number of hydrogen-bond acceptors (Lipinski definition) is 2. The molecule has 0 saturated heterocycles. The van der Waals surface area contributed by atoms with Gasteiger partial charge in [0.2, 0.25) is 0 Å². The maximum atomic E-state index is 9.39. The van der Waals surface area contributed by atoms with Gasteiger partial charge in [0, 0.05) is 5.75 Å². The lowest BCUT2D eigenvalue weighted by molar-refractivity contribution is 0.185. The molecular formula is C19H40OS. The van der Waals surface area contributed by atoms with Crippen LogP contribution in [0.2, 0.25) is 0 Å². The largest absolute Gasteiger partial charge is 0.392 e. The van der Waals surface area contributed by atoms with E-state index >= 15 is 0 Å². The first-order valence-electron chi connectivity index (χ1n) is 9.60. The van der Waals surface area contributed by atoms with Crippen LogP contribution in [-0.2, 0) is 0 Å². The molecule has 1 N–H and O–H groups in total. The van der Waals surface area contributed by atoms with Gasteiger partial charge >= 0.3 is 0 Å². The molecule has 0 aliphatic rings. The fourth-order valence-corrected chi connectivity index (χ4v) is 3.03. The highest BCUT2D eigenvalue weighted by molar-refractivity contribution is 7.80. The highest BCUT2D eigenvalue weighted by Crippen LogP contribution is 2.14. The summed E-state index contributed by atoms with van der Waals surface area (Å²) in [6, 6.07) is 0. The van der Waals surface area contributed by atoms with Gasteiger partial charge in [-0.2, -0.15) is 12.6 Å². The summed E-state index contributed by atoms with van der Waals surface area (Å²) in [5.74, 6) is 0.610. The summed E-state index contributed by atoms with van der Waals surface area (Å²) in [5, 5.41) is 9.39. The van der Waals surface area contributed by atoms with Crippen LogP contribution in [0.3, 0.4) is 0 Å². The second kappa shape index (κ2) is 18.4. The van der Waals surface area contributed by atoms with E-state index in [0.717, 1.165) is 6.42 Å². The Kier molecular flexibility index (Phi) is 18.6. The van der Waals surface area contributed by atoms with Gasteiger partial charge in [0.1, 0.15) is 0 Å².